The molecule has 5 heteroatoms. The van der Waals surface area contributed by atoms with E-state index >= 15 is 0 Å². The van der Waals surface area contributed by atoms with Gasteiger partial charge in [0.1, 0.15) is 12.4 Å². The summed E-state index contributed by atoms with van der Waals surface area (Å²) >= 11 is 0. The van der Waals surface area contributed by atoms with Crippen LogP contribution in [0.25, 0.3) is 0 Å². The largest absolute Gasteiger partial charge is 0.492 e. The minimum absolute atomic E-state index is 0.320. The quantitative estimate of drug-likeness (QED) is 0.749. The molecule has 0 aliphatic carbocycles. The van der Waals surface area contributed by atoms with Crippen LogP contribution in [-0.4, -0.2) is 33.4 Å². The Morgan fingerprint density at radius 3 is 2.50 bits per heavy atom. The van der Waals surface area contributed by atoms with Crippen LogP contribution < -0.4 is 10.1 Å². The van der Waals surface area contributed by atoms with Gasteiger partial charge in [0.25, 0.3) is 0 Å². The molecule has 4 nitrogen and oxygen atoms in total. The van der Waals surface area contributed by atoms with E-state index < -0.39 is 15.1 Å². The van der Waals surface area contributed by atoms with Crippen molar-refractivity contribution in [2.45, 2.75) is 37.8 Å². The van der Waals surface area contributed by atoms with Gasteiger partial charge in [-0.05, 0) is 44.5 Å². The van der Waals surface area contributed by atoms with Crippen LogP contribution in [0.15, 0.2) is 29.2 Å². The number of benzene rings is 1. The fourth-order valence-electron chi connectivity index (χ4n) is 1.64. The highest BCUT2D eigenvalue weighted by atomic mass is 32.2. The lowest BCUT2D eigenvalue weighted by Gasteiger charge is -2.11. The molecule has 0 radical (unpaired) electrons. The van der Waals surface area contributed by atoms with Crippen LogP contribution in [0.1, 0.15) is 27.7 Å². The third kappa shape index (κ3) is 5.13. The predicted molar refractivity (Wildman–Crippen MR) is 82.0 cm³/mol. The second-order valence-corrected chi connectivity index (χ2v) is 8.02. The maximum Gasteiger partial charge on any atom is 0.180 e. The monoisotopic (exact) mass is 299 g/mol. The van der Waals surface area contributed by atoms with Crippen LogP contribution in [0.2, 0.25) is 0 Å². The van der Waals surface area contributed by atoms with E-state index in [-0.39, 0.29) is 0 Å². The maximum atomic E-state index is 12.1. The second-order valence-electron chi connectivity index (χ2n) is 5.52. The molecular formula is C15H25NO3S. The molecule has 0 aromatic heterocycles. The molecule has 0 atom stereocenters. The molecule has 0 saturated heterocycles. The minimum Gasteiger partial charge on any atom is -0.492 e. The molecular weight excluding hydrogens is 274 g/mol. The van der Waals surface area contributed by atoms with Crippen LogP contribution in [0, 0.1) is 5.92 Å². The molecule has 1 N–H and O–H groups in total. The maximum absolute atomic E-state index is 12.1. The first kappa shape index (κ1) is 17.0. The summed E-state index contributed by atoms with van der Waals surface area (Å²) in [6, 6.07) is 6.70. The van der Waals surface area contributed by atoms with Crippen molar-refractivity contribution in [3.05, 3.63) is 24.3 Å². The Labute approximate surface area is 122 Å². The van der Waals surface area contributed by atoms with Gasteiger partial charge in [0.15, 0.2) is 9.84 Å². The summed E-state index contributed by atoms with van der Waals surface area (Å²) in [6.45, 7) is 9.88. The summed E-state index contributed by atoms with van der Waals surface area (Å²) in [5.74, 6) is 1.20. The average molecular weight is 299 g/mol. The second kappa shape index (κ2) is 7.64. The smallest absolute Gasteiger partial charge is 0.180 e. The molecule has 0 bridgehead atoms. The first-order valence-corrected chi connectivity index (χ1v) is 8.56. The molecule has 0 aliphatic heterocycles. The Morgan fingerprint density at radius 1 is 1.20 bits per heavy atom. The average Bonchev–Trinajstić information content (AvgIpc) is 2.38. The predicted octanol–water partition coefficient (Wildman–Crippen LogP) is 2.49. The topological polar surface area (TPSA) is 55.4 Å². The molecule has 1 aromatic carbocycles. The van der Waals surface area contributed by atoms with Gasteiger partial charge >= 0.3 is 0 Å². The Bertz CT molecular complexity index is 510. The third-order valence-electron chi connectivity index (χ3n) is 2.85. The van der Waals surface area contributed by atoms with E-state index in [1.807, 2.05) is 0 Å². The summed E-state index contributed by atoms with van der Waals surface area (Å²) in [7, 11) is -3.24. The van der Waals surface area contributed by atoms with Crippen LogP contribution in [-0.2, 0) is 9.84 Å². The van der Waals surface area contributed by atoms with Gasteiger partial charge in [-0.25, -0.2) is 8.42 Å². The first-order chi connectivity index (χ1) is 9.34. The van der Waals surface area contributed by atoms with Crippen LogP contribution in [0.5, 0.6) is 5.75 Å². The lowest BCUT2D eigenvalue weighted by molar-refractivity contribution is 0.310. The van der Waals surface area contributed by atoms with Gasteiger partial charge in [0.05, 0.1) is 10.1 Å². The Kier molecular flexibility index (Phi) is 6.49. The van der Waals surface area contributed by atoms with Crippen molar-refractivity contribution >= 4 is 9.84 Å². The van der Waals surface area contributed by atoms with Gasteiger partial charge in [-0.2, -0.15) is 0 Å². The highest BCUT2D eigenvalue weighted by molar-refractivity contribution is 7.92. The molecule has 0 fully saturated rings. The van der Waals surface area contributed by atoms with Crippen LogP contribution in [0.3, 0.4) is 0 Å². The Balaban J connectivity index is 2.57. The molecule has 0 unspecified atom stereocenters. The van der Waals surface area contributed by atoms with Crippen molar-refractivity contribution in [1.29, 1.82) is 0 Å². The van der Waals surface area contributed by atoms with Crippen molar-refractivity contribution in [2.24, 2.45) is 5.92 Å². The van der Waals surface area contributed by atoms with Gasteiger partial charge in [-0.3, -0.25) is 0 Å². The van der Waals surface area contributed by atoms with Crippen molar-refractivity contribution in [3.63, 3.8) is 0 Å². The number of nitrogens with one attached hydrogen (secondary N) is 1. The fourth-order valence-corrected chi connectivity index (χ4v) is 2.74. The minimum atomic E-state index is -3.24. The number of sulfone groups is 1. The van der Waals surface area contributed by atoms with Gasteiger partial charge in [0.2, 0.25) is 0 Å². The van der Waals surface area contributed by atoms with E-state index in [0.717, 1.165) is 13.1 Å². The van der Waals surface area contributed by atoms with Crippen molar-refractivity contribution < 1.29 is 13.2 Å². The number of hydrogen-bond donors (Lipinski definition) is 1. The normalized spacial score (nSPS) is 12.1. The zero-order chi connectivity index (χ0) is 15.2. The van der Waals surface area contributed by atoms with E-state index in [1.54, 1.807) is 38.1 Å². The summed E-state index contributed by atoms with van der Waals surface area (Å²) in [5, 5.41) is 2.85. The molecule has 0 spiro atoms. The molecule has 0 aliphatic rings. The van der Waals surface area contributed by atoms with E-state index in [2.05, 4.69) is 19.2 Å². The van der Waals surface area contributed by atoms with Crippen molar-refractivity contribution in [3.8, 4) is 5.75 Å². The molecule has 1 rings (SSSR count). The number of hydrogen-bond acceptors (Lipinski definition) is 4. The molecule has 1 aromatic rings. The highest BCUT2D eigenvalue weighted by Gasteiger charge is 2.19. The lowest BCUT2D eigenvalue weighted by Crippen LogP contribution is -2.25. The first-order valence-electron chi connectivity index (χ1n) is 7.01. The number of ether oxygens (including phenoxy) is 1. The van der Waals surface area contributed by atoms with Crippen molar-refractivity contribution in [1.82, 2.24) is 5.32 Å². The zero-order valence-electron chi connectivity index (χ0n) is 12.7. The molecule has 0 heterocycles. The lowest BCUT2D eigenvalue weighted by atomic mass is 10.2. The number of rotatable bonds is 8. The van der Waals surface area contributed by atoms with Crippen LogP contribution >= 0.6 is 0 Å². The van der Waals surface area contributed by atoms with E-state index in [1.165, 1.54) is 0 Å². The van der Waals surface area contributed by atoms with Crippen molar-refractivity contribution in [2.75, 3.05) is 19.7 Å². The summed E-state index contributed by atoms with van der Waals surface area (Å²) in [6.07, 6.45) is 0. The molecule has 0 amide bonds. The van der Waals surface area contributed by atoms with E-state index in [0.29, 0.717) is 23.2 Å². The van der Waals surface area contributed by atoms with E-state index in [4.69, 9.17) is 4.74 Å². The third-order valence-corrected chi connectivity index (χ3v) is 5.01. The Morgan fingerprint density at radius 2 is 1.90 bits per heavy atom. The van der Waals surface area contributed by atoms with Gasteiger partial charge in [0, 0.05) is 6.54 Å². The summed E-state index contributed by atoms with van der Waals surface area (Å²) in [4.78, 5) is 0.320. The SMILES string of the molecule is CC(C)CNCCOc1cccc(S(=O)(=O)C(C)C)c1. The molecule has 114 valence electrons. The summed E-state index contributed by atoms with van der Waals surface area (Å²) < 4.78 is 29.7. The van der Waals surface area contributed by atoms with Gasteiger partial charge < -0.3 is 10.1 Å². The summed E-state index contributed by atoms with van der Waals surface area (Å²) in [5.41, 5.74) is 0. The molecule has 20 heavy (non-hydrogen) atoms. The highest BCUT2D eigenvalue weighted by Crippen LogP contribution is 2.21. The molecule has 0 saturated carbocycles. The standard InChI is InChI=1S/C15H25NO3S/c1-12(2)11-16-8-9-19-14-6-5-7-15(10-14)20(17,18)13(3)4/h5-7,10,12-13,16H,8-9,11H2,1-4H3. The van der Waals surface area contributed by atoms with Gasteiger partial charge in [-0.15, -0.1) is 0 Å². The fraction of sp³-hybridized carbons (Fsp3) is 0.600. The van der Waals surface area contributed by atoms with Gasteiger partial charge in [-0.1, -0.05) is 19.9 Å². The Hall–Kier alpha value is -1.07. The van der Waals surface area contributed by atoms with E-state index in [9.17, 15) is 8.42 Å². The zero-order valence-corrected chi connectivity index (χ0v) is 13.5. The van der Waals surface area contributed by atoms with Crippen LogP contribution in [0.4, 0.5) is 0 Å².